The lowest BCUT2D eigenvalue weighted by molar-refractivity contribution is 0.173. The van der Waals surface area contributed by atoms with E-state index in [0.29, 0.717) is 18.0 Å². The second-order valence-electron chi connectivity index (χ2n) is 6.26. The van der Waals surface area contributed by atoms with Gasteiger partial charge >= 0.3 is 6.03 Å². The third-order valence-corrected chi connectivity index (χ3v) is 4.92. The molecule has 0 spiro atoms. The van der Waals surface area contributed by atoms with Crippen molar-refractivity contribution in [1.82, 2.24) is 5.32 Å². The fourth-order valence-electron chi connectivity index (χ4n) is 1.79. The first-order valence-corrected chi connectivity index (χ1v) is 8.58. The normalized spacial score (nSPS) is 14.2. The molecular formula is C16H26N2O3S. The predicted octanol–water partition coefficient (Wildman–Crippen LogP) is 2.89. The fourth-order valence-corrected chi connectivity index (χ4v) is 2.70. The Morgan fingerprint density at radius 2 is 2.05 bits per heavy atom. The Labute approximate surface area is 135 Å². The summed E-state index contributed by atoms with van der Waals surface area (Å²) in [5.74, 6) is 0.473. The van der Waals surface area contributed by atoms with E-state index in [-0.39, 0.29) is 16.8 Å². The standard InChI is InChI=1S/C16H26N2O3S/c1-12(10-21-5)17-15(19)18-14-8-6-7-13(9-14)11-22(20)16(2,3)4/h6-9,12H,10-11H2,1-5H3,(H2,17,18,19). The van der Waals surface area contributed by atoms with Gasteiger partial charge in [0.1, 0.15) is 0 Å². The molecule has 0 radical (unpaired) electrons. The molecule has 0 aliphatic heterocycles. The van der Waals surface area contributed by atoms with Crippen LogP contribution in [-0.2, 0) is 21.3 Å². The van der Waals surface area contributed by atoms with Crippen molar-refractivity contribution in [2.24, 2.45) is 0 Å². The van der Waals surface area contributed by atoms with Crippen molar-refractivity contribution in [2.45, 2.75) is 44.2 Å². The number of ether oxygens (including phenoxy) is 1. The summed E-state index contributed by atoms with van der Waals surface area (Å²) in [5, 5.41) is 5.56. The number of rotatable bonds is 6. The second-order valence-corrected chi connectivity index (χ2v) is 8.46. The molecule has 0 bridgehead atoms. The molecule has 1 rings (SSSR count). The summed E-state index contributed by atoms with van der Waals surface area (Å²) >= 11 is 0. The van der Waals surface area contributed by atoms with Crippen molar-refractivity contribution in [1.29, 1.82) is 0 Å². The molecule has 2 atom stereocenters. The van der Waals surface area contributed by atoms with E-state index in [0.717, 1.165) is 5.56 Å². The third kappa shape index (κ3) is 6.58. The fraction of sp³-hybridized carbons (Fsp3) is 0.562. The number of amides is 2. The molecule has 124 valence electrons. The summed E-state index contributed by atoms with van der Waals surface area (Å²) in [5.41, 5.74) is 1.63. The molecule has 0 aliphatic carbocycles. The maximum absolute atomic E-state index is 12.2. The van der Waals surface area contributed by atoms with Crippen LogP contribution in [-0.4, -0.2) is 34.7 Å². The lowest BCUT2D eigenvalue weighted by Gasteiger charge is -2.18. The summed E-state index contributed by atoms with van der Waals surface area (Å²) in [6, 6.07) is 7.08. The smallest absolute Gasteiger partial charge is 0.319 e. The van der Waals surface area contributed by atoms with Crippen LogP contribution in [0.2, 0.25) is 0 Å². The Kier molecular flexibility index (Phi) is 7.03. The minimum Gasteiger partial charge on any atom is -0.383 e. The van der Waals surface area contributed by atoms with Crippen LogP contribution in [0.15, 0.2) is 24.3 Å². The average Bonchev–Trinajstić information content (AvgIpc) is 2.37. The van der Waals surface area contributed by atoms with Crippen molar-refractivity contribution < 1.29 is 13.7 Å². The van der Waals surface area contributed by atoms with Gasteiger partial charge in [0.05, 0.1) is 12.6 Å². The molecular weight excluding hydrogens is 300 g/mol. The van der Waals surface area contributed by atoms with Gasteiger partial charge in [-0.15, -0.1) is 0 Å². The van der Waals surface area contributed by atoms with Crippen molar-refractivity contribution in [3.8, 4) is 0 Å². The topological polar surface area (TPSA) is 67.4 Å². The highest BCUT2D eigenvalue weighted by Crippen LogP contribution is 2.18. The van der Waals surface area contributed by atoms with Crippen LogP contribution in [0.5, 0.6) is 0 Å². The van der Waals surface area contributed by atoms with E-state index < -0.39 is 10.8 Å². The second kappa shape index (κ2) is 8.29. The van der Waals surface area contributed by atoms with Crippen LogP contribution in [0, 0.1) is 0 Å². The van der Waals surface area contributed by atoms with Gasteiger partial charge in [-0.25, -0.2) is 4.79 Å². The van der Waals surface area contributed by atoms with Crippen LogP contribution in [0.25, 0.3) is 0 Å². The van der Waals surface area contributed by atoms with E-state index in [4.69, 9.17) is 4.74 Å². The Morgan fingerprint density at radius 3 is 2.64 bits per heavy atom. The van der Waals surface area contributed by atoms with Crippen LogP contribution in [0.3, 0.4) is 0 Å². The van der Waals surface area contributed by atoms with E-state index in [1.165, 1.54) is 0 Å². The zero-order valence-electron chi connectivity index (χ0n) is 13.9. The zero-order chi connectivity index (χ0) is 16.8. The maximum Gasteiger partial charge on any atom is 0.319 e. The molecule has 1 aromatic rings. The van der Waals surface area contributed by atoms with Crippen LogP contribution < -0.4 is 10.6 Å². The monoisotopic (exact) mass is 326 g/mol. The molecule has 0 saturated heterocycles. The van der Waals surface area contributed by atoms with E-state index in [1.807, 2.05) is 52.0 Å². The molecule has 5 nitrogen and oxygen atoms in total. The number of benzene rings is 1. The van der Waals surface area contributed by atoms with Crippen molar-refractivity contribution >= 4 is 22.5 Å². The molecule has 1 aromatic carbocycles. The molecule has 6 heteroatoms. The summed E-state index contributed by atoms with van der Waals surface area (Å²) in [6.45, 7) is 8.19. The Morgan fingerprint density at radius 1 is 1.36 bits per heavy atom. The lowest BCUT2D eigenvalue weighted by atomic mass is 10.2. The van der Waals surface area contributed by atoms with Gasteiger partial charge in [-0.05, 0) is 45.4 Å². The number of urea groups is 1. The lowest BCUT2D eigenvalue weighted by Crippen LogP contribution is -2.38. The maximum atomic E-state index is 12.2. The summed E-state index contributed by atoms with van der Waals surface area (Å²) in [6.07, 6.45) is 0. The molecule has 0 saturated carbocycles. The van der Waals surface area contributed by atoms with E-state index >= 15 is 0 Å². The van der Waals surface area contributed by atoms with Gasteiger partial charge in [0, 0.05) is 34.1 Å². The highest BCUT2D eigenvalue weighted by atomic mass is 32.2. The first-order chi connectivity index (χ1) is 10.2. The minimum absolute atomic E-state index is 0.0680. The van der Waals surface area contributed by atoms with Gasteiger partial charge in [0.15, 0.2) is 0 Å². The van der Waals surface area contributed by atoms with Gasteiger partial charge in [-0.1, -0.05) is 12.1 Å². The SMILES string of the molecule is COCC(C)NC(=O)Nc1cccc(CS(=O)C(C)(C)C)c1. The largest absolute Gasteiger partial charge is 0.383 e. The number of carbonyl (C=O) groups excluding carboxylic acids is 1. The summed E-state index contributed by atoms with van der Waals surface area (Å²) < 4.78 is 16.9. The Hall–Kier alpha value is -1.40. The minimum atomic E-state index is -0.966. The van der Waals surface area contributed by atoms with Crippen LogP contribution in [0.1, 0.15) is 33.3 Å². The Bertz CT molecular complexity index is 526. The average molecular weight is 326 g/mol. The van der Waals surface area contributed by atoms with E-state index in [1.54, 1.807) is 7.11 Å². The number of anilines is 1. The van der Waals surface area contributed by atoms with E-state index in [9.17, 15) is 9.00 Å². The van der Waals surface area contributed by atoms with Gasteiger partial charge in [-0.2, -0.15) is 0 Å². The highest BCUT2D eigenvalue weighted by Gasteiger charge is 2.19. The number of methoxy groups -OCH3 is 1. The quantitative estimate of drug-likeness (QED) is 0.844. The van der Waals surface area contributed by atoms with Crippen LogP contribution in [0.4, 0.5) is 10.5 Å². The van der Waals surface area contributed by atoms with Crippen molar-refractivity contribution in [3.63, 3.8) is 0 Å². The van der Waals surface area contributed by atoms with Crippen molar-refractivity contribution in [3.05, 3.63) is 29.8 Å². The third-order valence-electron chi connectivity index (χ3n) is 2.96. The molecule has 22 heavy (non-hydrogen) atoms. The number of nitrogens with one attached hydrogen (secondary N) is 2. The molecule has 0 aliphatic rings. The number of hydrogen-bond acceptors (Lipinski definition) is 3. The number of hydrogen-bond donors (Lipinski definition) is 2. The molecule has 2 unspecified atom stereocenters. The van der Waals surface area contributed by atoms with Gasteiger partial charge in [-0.3, -0.25) is 4.21 Å². The van der Waals surface area contributed by atoms with Gasteiger partial charge in [0.2, 0.25) is 0 Å². The predicted molar refractivity (Wildman–Crippen MR) is 91.5 cm³/mol. The van der Waals surface area contributed by atoms with E-state index in [2.05, 4.69) is 10.6 Å². The van der Waals surface area contributed by atoms with Gasteiger partial charge in [0.25, 0.3) is 0 Å². The van der Waals surface area contributed by atoms with Gasteiger partial charge < -0.3 is 15.4 Å². The Balaban J connectivity index is 2.64. The molecule has 2 N–H and O–H groups in total. The zero-order valence-corrected chi connectivity index (χ0v) is 14.8. The first-order valence-electron chi connectivity index (χ1n) is 7.26. The molecule has 2 amide bonds. The summed E-state index contributed by atoms with van der Waals surface area (Å²) in [7, 11) is 0.626. The van der Waals surface area contributed by atoms with Crippen molar-refractivity contribution in [2.75, 3.05) is 19.0 Å². The molecule has 0 fully saturated rings. The number of carbonyl (C=O) groups is 1. The summed E-state index contributed by atoms with van der Waals surface area (Å²) in [4.78, 5) is 11.9. The molecule has 0 heterocycles. The molecule has 0 aromatic heterocycles. The van der Waals surface area contributed by atoms with Crippen LogP contribution >= 0.6 is 0 Å². The highest BCUT2D eigenvalue weighted by molar-refractivity contribution is 7.85. The first kappa shape index (κ1) is 18.6.